The summed E-state index contributed by atoms with van der Waals surface area (Å²) in [5.74, 6) is 0.155. The number of aliphatic imine (C=N–C) groups is 1. The zero-order valence-electron chi connectivity index (χ0n) is 11.0. The Hall–Kier alpha value is -2.27. The van der Waals surface area contributed by atoms with E-state index in [-0.39, 0.29) is 11.3 Å². The van der Waals surface area contributed by atoms with Gasteiger partial charge in [-0.3, -0.25) is 4.99 Å². The smallest absolute Gasteiger partial charge is 0.348 e. The van der Waals surface area contributed by atoms with Gasteiger partial charge >= 0.3 is 5.63 Å². The number of rotatable bonds is 2. The van der Waals surface area contributed by atoms with Crippen molar-refractivity contribution in [1.82, 2.24) is 0 Å². The van der Waals surface area contributed by atoms with Gasteiger partial charge in [-0.05, 0) is 32.0 Å². The molecule has 0 bridgehead atoms. The van der Waals surface area contributed by atoms with Gasteiger partial charge in [0, 0.05) is 11.1 Å². The summed E-state index contributed by atoms with van der Waals surface area (Å²) >= 11 is 5.80. The first kappa shape index (κ1) is 14.1. The lowest BCUT2D eigenvalue weighted by Gasteiger charge is -2.05. The molecule has 104 valence electrons. The second-order valence-corrected chi connectivity index (χ2v) is 4.74. The molecule has 0 unspecified atom stereocenters. The van der Waals surface area contributed by atoms with E-state index >= 15 is 0 Å². The molecule has 2 rings (SSSR count). The van der Waals surface area contributed by atoms with Crippen molar-refractivity contribution in [3.05, 3.63) is 51.0 Å². The number of halogens is 1. The minimum absolute atomic E-state index is 0.0185. The standard InChI is InChI=1S/C14H13ClN2O3/c1-7-5-12(18)13(14(19)20-7)8(2)17-11-4-3-9(15)6-10(11)16/h3-6,18H,16H2,1-2H3. The highest BCUT2D eigenvalue weighted by atomic mass is 35.5. The average molecular weight is 293 g/mol. The van der Waals surface area contributed by atoms with Crippen LogP contribution in [0.1, 0.15) is 18.2 Å². The number of aryl methyl sites for hydroxylation is 1. The molecule has 0 spiro atoms. The zero-order valence-corrected chi connectivity index (χ0v) is 11.7. The first-order valence-electron chi connectivity index (χ1n) is 5.83. The molecule has 3 N–H and O–H groups in total. The van der Waals surface area contributed by atoms with Crippen LogP contribution in [0, 0.1) is 6.92 Å². The summed E-state index contributed by atoms with van der Waals surface area (Å²) in [4.78, 5) is 16.0. The van der Waals surface area contributed by atoms with E-state index in [9.17, 15) is 9.90 Å². The van der Waals surface area contributed by atoms with Crippen LogP contribution in [0.5, 0.6) is 5.75 Å². The van der Waals surface area contributed by atoms with Gasteiger partial charge in [-0.25, -0.2) is 4.79 Å². The molecule has 0 atom stereocenters. The molecular formula is C14H13ClN2O3. The Morgan fingerprint density at radius 1 is 1.40 bits per heavy atom. The molecule has 2 aromatic rings. The number of hydrogen-bond donors (Lipinski definition) is 2. The quantitative estimate of drug-likeness (QED) is 0.657. The molecule has 0 radical (unpaired) electrons. The first-order valence-corrected chi connectivity index (χ1v) is 6.20. The van der Waals surface area contributed by atoms with Crippen molar-refractivity contribution < 1.29 is 9.52 Å². The van der Waals surface area contributed by atoms with Crippen molar-refractivity contribution in [3.63, 3.8) is 0 Å². The third-order valence-corrected chi connectivity index (χ3v) is 2.93. The number of nitrogen functional groups attached to an aromatic ring is 1. The monoisotopic (exact) mass is 292 g/mol. The highest BCUT2D eigenvalue weighted by Crippen LogP contribution is 2.27. The number of benzene rings is 1. The van der Waals surface area contributed by atoms with Gasteiger partial charge < -0.3 is 15.3 Å². The summed E-state index contributed by atoms with van der Waals surface area (Å²) in [6.07, 6.45) is 0. The fraction of sp³-hybridized carbons (Fsp3) is 0.143. The SMILES string of the molecule is CC(=Nc1ccc(Cl)cc1N)c1c(O)cc(C)oc1=O. The van der Waals surface area contributed by atoms with Crippen LogP contribution < -0.4 is 11.4 Å². The van der Waals surface area contributed by atoms with E-state index in [0.29, 0.717) is 27.9 Å². The highest BCUT2D eigenvalue weighted by Gasteiger charge is 2.13. The Kier molecular flexibility index (Phi) is 3.81. The predicted octanol–water partition coefficient (Wildman–Crippen LogP) is 3.03. The molecule has 6 heteroatoms. The fourth-order valence-electron chi connectivity index (χ4n) is 1.79. The maximum Gasteiger partial charge on any atom is 0.348 e. The number of hydrogen-bond acceptors (Lipinski definition) is 5. The van der Waals surface area contributed by atoms with Gasteiger partial charge in [-0.15, -0.1) is 0 Å². The molecule has 0 amide bonds. The van der Waals surface area contributed by atoms with Crippen molar-refractivity contribution in [2.75, 3.05) is 5.73 Å². The third-order valence-electron chi connectivity index (χ3n) is 2.69. The summed E-state index contributed by atoms with van der Waals surface area (Å²) in [6, 6.07) is 6.20. The van der Waals surface area contributed by atoms with Gasteiger partial charge in [0.2, 0.25) is 0 Å². The van der Waals surface area contributed by atoms with Crippen LogP contribution in [-0.4, -0.2) is 10.8 Å². The summed E-state index contributed by atoms with van der Waals surface area (Å²) in [5.41, 5.74) is 6.33. The lowest BCUT2D eigenvalue weighted by atomic mass is 10.1. The van der Waals surface area contributed by atoms with Crippen LogP contribution in [-0.2, 0) is 0 Å². The van der Waals surface area contributed by atoms with Crippen LogP contribution in [0.25, 0.3) is 0 Å². The molecule has 0 saturated heterocycles. The van der Waals surface area contributed by atoms with E-state index in [1.165, 1.54) is 6.07 Å². The van der Waals surface area contributed by atoms with E-state index < -0.39 is 5.63 Å². The largest absolute Gasteiger partial charge is 0.507 e. The van der Waals surface area contributed by atoms with Crippen LogP contribution >= 0.6 is 11.6 Å². The third kappa shape index (κ3) is 2.83. The number of nitrogens with zero attached hydrogens (tertiary/aromatic N) is 1. The molecule has 1 aromatic heterocycles. The van der Waals surface area contributed by atoms with Gasteiger partial charge in [0.1, 0.15) is 17.1 Å². The summed E-state index contributed by atoms with van der Waals surface area (Å²) in [7, 11) is 0. The minimum Gasteiger partial charge on any atom is -0.507 e. The second-order valence-electron chi connectivity index (χ2n) is 4.31. The van der Waals surface area contributed by atoms with Crippen molar-refractivity contribution in [2.24, 2.45) is 4.99 Å². The van der Waals surface area contributed by atoms with Gasteiger partial charge in [-0.1, -0.05) is 11.6 Å². The Bertz CT molecular complexity index is 751. The van der Waals surface area contributed by atoms with Crippen molar-refractivity contribution >= 4 is 28.7 Å². The highest BCUT2D eigenvalue weighted by molar-refractivity contribution is 6.31. The van der Waals surface area contributed by atoms with E-state index in [0.717, 1.165) is 0 Å². The first-order chi connectivity index (χ1) is 9.38. The molecular weight excluding hydrogens is 280 g/mol. The molecule has 5 nitrogen and oxygen atoms in total. The normalized spacial score (nSPS) is 11.7. The van der Waals surface area contributed by atoms with Crippen molar-refractivity contribution in [2.45, 2.75) is 13.8 Å². The number of anilines is 1. The lowest BCUT2D eigenvalue weighted by molar-refractivity contribution is 0.432. The van der Waals surface area contributed by atoms with E-state index in [4.69, 9.17) is 21.8 Å². The van der Waals surface area contributed by atoms with Crippen LogP contribution in [0.2, 0.25) is 5.02 Å². The molecule has 1 aromatic carbocycles. The maximum absolute atomic E-state index is 11.8. The van der Waals surface area contributed by atoms with Gasteiger partial charge in [0.05, 0.1) is 17.1 Å². The Labute approximate surface area is 120 Å². The van der Waals surface area contributed by atoms with Crippen LogP contribution in [0.3, 0.4) is 0 Å². The summed E-state index contributed by atoms with van der Waals surface area (Å²) < 4.78 is 4.95. The molecule has 0 aliphatic rings. The molecule has 1 heterocycles. The average Bonchev–Trinajstić information content (AvgIpc) is 2.31. The van der Waals surface area contributed by atoms with Crippen LogP contribution in [0.4, 0.5) is 11.4 Å². The molecule has 0 aliphatic heterocycles. The Balaban J connectivity index is 2.53. The predicted molar refractivity (Wildman–Crippen MR) is 79.1 cm³/mol. The van der Waals surface area contributed by atoms with Crippen molar-refractivity contribution in [3.8, 4) is 5.75 Å². The Morgan fingerprint density at radius 3 is 2.70 bits per heavy atom. The maximum atomic E-state index is 11.8. The molecule has 0 fully saturated rings. The van der Waals surface area contributed by atoms with Gasteiger partial charge in [0.25, 0.3) is 0 Å². The lowest BCUT2D eigenvalue weighted by Crippen LogP contribution is -2.13. The zero-order chi connectivity index (χ0) is 14.9. The fourth-order valence-corrected chi connectivity index (χ4v) is 1.97. The van der Waals surface area contributed by atoms with E-state index in [2.05, 4.69) is 4.99 Å². The molecule has 0 aliphatic carbocycles. The minimum atomic E-state index is -0.642. The Morgan fingerprint density at radius 2 is 2.10 bits per heavy atom. The number of aromatic hydroxyl groups is 1. The summed E-state index contributed by atoms with van der Waals surface area (Å²) in [6.45, 7) is 3.17. The molecule has 20 heavy (non-hydrogen) atoms. The summed E-state index contributed by atoms with van der Waals surface area (Å²) in [5, 5.41) is 10.3. The number of nitrogens with two attached hydrogens (primary N) is 1. The van der Waals surface area contributed by atoms with Crippen molar-refractivity contribution in [1.29, 1.82) is 0 Å². The van der Waals surface area contributed by atoms with E-state index in [1.807, 2.05) is 0 Å². The van der Waals surface area contributed by atoms with E-state index in [1.54, 1.807) is 32.0 Å². The molecule has 0 saturated carbocycles. The second kappa shape index (κ2) is 5.38. The van der Waals surface area contributed by atoms with Gasteiger partial charge in [-0.2, -0.15) is 0 Å². The van der Waals surface area contributed by atoms with Gasteiger partial charge in [0.15, 0.2) is 0 Å². The topological polar surface area (TPSA) is 88.8 Å². The van der Waals surface area contributed by atoms with Crippen LogP contribution in [0.15, 0.2) is 38.5 Å².